The molecule has 0 aliphatic carbocycles. The molecule has 1 heterocycles. The van der Waals surface area contributed by atoms with E-state index in [0.717, 1.165) is 21.2 Å². The van der Waals surface area contributed by atoms with Crippen LogP contribution in [0.3, 0.4) is 0 Å². The Kier molecular flexibility index (Phi) is 9.93. The van der Waals surface area contributed by atoms with Gasteiger partial charge in [-0.2, -0.15) is 5.10 Å². The molecule has 0 aliphatic rings. The van der Waals surface area contributed by atoms with Crippen molar-refractivity contribution in [3.8, 4) is 17.0 Å². The van der Waals surface area contributed by atoms with E-state index in [1.807, 2.05) is 43.5 Å². The van der Waals surface area contributed by atoms with Crippen LogP contribution in [-0.4, -0.2) is 53.4 Å². The first-order chi connectivity index (χ1) is 16.5. The summed E-state index contributed by atoms with van der Waals surface area (Å²) in [7, 11) is 0. The van der Waals surface area contributed by atoms with E-state index in [9.17, 15) is 9.59 Å². The second-order valence-electron chi connectivity index (χ2n) is 7.01. The molecular formula is C24H25ClN4O3S2. The van der Waals surface area contributed by atoms with E-state index >= 15 is 0 Å². The molecule has 0 saturated heterocycles. The number of benzene rings is 2. The third-order valence-corrected chi connectivity index (χ3v) is 6.98. The molecule has 0 aliphatic heterocycles. The number of hydrogen-bond acceptors (Lipinski definition) is 7. The van der Waals surface area contributed by atoms with Crippen molar-refractivity contribution < 1.29 is 14.3 Å². The van der Waals surface area contributed by atoms with Crippen molar-refractivity contribution >= 4 is 52.7 Å². The molecule has 178 valence electrons. The van der Waals surface area contributed by atoms with Crippen molar-refractivity contribution in [3.63, 3.8) is 0 Å². The molecule has 0 radical (unpaired) electrons. The summed E-state index contributed by atoms with van der Waals surface area (Å²) in [6.07, 6.45) is 1.55. The van der Waals surface area contributed by atoms with Gasteiger partial charge < -0.3 is 9.64 Å². The van der Waals surface area contributed by atoms with Crippen LogP contribution < -0.4 is 10.2 Å². The summed E-state index contributed by atoms with van der Waals surface area (Å²) in [5, 5.41) is 6.63. The number of nitrogens with zero attached hydrogens (tertiary/aromatic N) is 3. The summed E-state index contributed by atoms with van der Waals surface area (Å²) in [6, 6.07) is 14.6. The van der Waals surface area contributed by atoms with E-state index in [-0.39, 0.29) is 24.2 Å². The largest absolute Gasteiger partial charge is 0.484 e. The van der Waals surface area contributed by atoms with Crippen LogP contribution in [0, 0.1) is 0 Å². The average molecular weight is 517 g/mol. The quantitative estimate of drug-likeness (QED) is 0.221. The summed E-state index contributed by atoms with van der Waals surface area (Å²) >= 11 is 8.77. The molecule has 7 nitrogen and oxygen atoms in total. The van der Waals surface area contributed by atoms with Crippen molar-refractivity contribution in [2.75, 3.05) is 25.4 Å². The van der Waals surface area contributed by atoms with Gasteiger partial charge in [0.1, 0.15) is 5.75 Å². The van der Waals surface area contributed by atoms with Gasteiger partial charge in [-0.1, -0.05) is 35.5 Å². The molecule has 2 aromatic carbocycles. The van der Waals surface area contributed by atoms with Crippen molar-refractivity contribution in [1.82, 2.24) is 15.3 Å². The van der Waals surface area contributed by atoms with E-state index in [4.69, 9.17) is 16.3 Å². The Balaban J connectivity index is 1.41. The maximum Gasteiger partial charge on any atom is 0.260 e. The summed E-state index contributed by atoms with van der Waals surface area (Å²) < 4.78 is 6.34. The number of aromatic nitrogens is 1. The maximum absolute atomic E-state index is 12.1. The fourth-order valence-electron chi connectivity index (χ4n) is 2.88. The monoisotopic (exact) mass is 516 g/mol. The highest BCUT2D eigenvalue weighted by Gasteiger charge is 2.10. The smallest absolute Gasteiger partial charge is 0.260 e. The zero-order chi connectivity index (χ0) is 24.3. The molecule has 0 saturated carbocycles. The van der Waals surface area contributed by atoms with Gasteiger partial charge in [0.05, 0.1) is 17.7 Å². The first-order valence-electron chi connectivity index (χ1n) is 10.6. The van der Waals surface area contributed by atoms with E-state index in [1.165, 1.54) is 23.1 Å². The fourth-order valence-corrected chi connectivity index (χ4v) is 4.63. The first-order valence-corrected chi connectivity index (χ1v) is 12.9. The van der Waals surface area contributed by atoms with E-state index < -0.39 is 0 Å². The van der Waals surface area contributed by atoms with Crippen LogP contribution in [0.2, 0.25) is 5.02 Å². The van der Waals surface area contributed by atoms with Crippen LogP contribution in [0.15, 0.2) is 63.4 Å². The number of carbonyl (C=O) groups is 2. The molecule has 3 rings (SSSR count). The number of carbonyl (C=O) groups excluding carboxylic acids is 2. The van der Waals surface area contributed by atoms with E-state index in [2.05, 4.69) is 15.5 Å². The fraction of sp³-hybridized carbons (Fsp3) is 0.250. The number of thiazole rings is 1. The van der Waals surface area contributed by atoms with E-state index in [0.29, 0.717) is 23.9 Å². The van der Waals surface area contributed by atoms with E-state index in [1.54, 1.807) is 35.4 Å². The van der Waals surface area contributed by atoms with Crippen molar-refractivity contribution in [2.45, 2.75) is 18.2 Å². The van der Waals surface area contributed by atoms with Crippen LogP contribution in [0.5, 0.6) is 5.75 Å². The molecule has 0 unspecified atom stereocenters. The standard InChI is InChI=1S/C24H25ClN4O3S2/c1-3-29(4-2)23(31)14-32-20-11-5-17(6-12-20)13-26-28-22(30)16-34-24-27-21(15-33-24)18-7-9-19(25)10-8-18/h5-13,15H,3-4,14,16H2,1-2H3,(H,28,30)/b26-13+. The lowest BCUT2D eigenvalue weighted by atomic mass is 10.2. The summed E-state index contributed by atoms with van der Waals surface area (Å²) in [5.41, 5.74) is 5.15. The molecule has 0 bridgehead atoms. The second-order valence-corrected chi connectivity index (χ2v) is 9.53. The minimum atomic E-state index is -0.223. The van der Waals surface area contributed by atoms with Crippen molar-refractivity contribution in [2.24, 2.45) is 5.10 Å². The Morgan fingerprint density at radius 1 is 1.15 bits per heavy atom. The molecule has 0 spiro atoms. The minimum Gasteiger partial charge on any atom is -0.484 e. The average Bonchev–Trinajstić information content (AvgIpc) is 3.32. The molecule has 0 fully saturated rings. The lowest BCUT2D eigenvalue weighted by molar-refractivity contribution is -0.133. The zero-order valence-electron chi connectivity index (χ0n) is 18.9. The van der Waals surface area contributed by atoms with Gasteiger partial charge in [0.25, 0.3) is 11.8 Å². The number of hydrogen-bond donors (Lipinski definition) is 1. The molecule has 34 heavy (non-hydrogen) atoms. The van der Waals surface area contributed by atoms with Crippen LogP contribution in [0.4, 0.5) is 0 Å². The first kappa shape index (κ1) is 25.7. The van der Waals surface area contributed by atoms with Crippen molar-refractivity contribution in [1.29, 1.82) is 0 Å². The minimum absolute atomic E-state index is 0.00311. The van der Waals surface area contributed by atoms with Crippen LogP contribution in [0.1, 0.15) is 19.4 Å². The van der Waals surface area contributed by atoms with Gasteiger partial charge >= 0.3 is 0 Å². The number of nitrogens with one attached hydrogen (secondary N) is 1. The lowest BCUT2D eigenvalue weighted by Crippen LogP contribution is -2.34. The molecule has 10 heteroatoms. The Labute approximate surface area is 212 Å². The highest BCUT2D eigenvalue weighted by molar-refractivity contribution is 8.01. The number of hydrazone groups is 1. The predicted octanol–water partition coefficient (Wildman–Crippen LogP) is 4.95. The third-order valence-electron chi connectivity index (χ3n) is 4.71. The summed E-state index contributed by atoms with van der Waals surface area (Å²) in [6.45, 7) is 5.19. The van der Waals surface area contributed by atoms with Gasteiger partial charge in [-0.25, -0.2) is 10.4 Å². The second kappa shape index (κ2) is 13.1. The molecular weight excluding hydrogens is 492 g/mol. The molecule has 1 N–H and O–H groups in total. The molecule has 3 aromatic rings. The molecule has 0 atom stereocenters. The Morgan fingerprint density at radius 2 is 1.85 bits per heavy atom. The number of likely N-dealkylation sites (N-methyl/N-ethyl adjacent to an activating group) is 1. The highest BCUT2D eigenvalue weighted by Crippen LogP contribution is 2.28. The van der Waals surface area contributed by atoms with Crippen molar-refractivity contribution in [3.05, 3.63) is 64.5 Å². The predicted molar refractivity (Wildman–Crippen MR) is 139 cm³/mol. The van der Waals surface area contributed by atoms with Gasteiger partial charge in [-0.3, -0.25) is 9.59 Å². The summed E-state index contributed by atoms with van der Waals surface area (Å²) in [4.78, 5) is 30.4. The maximum atomic E-state index is 12.1. The number of thioether (sulfide) groups is 1. The molecule has 2 amide bonds. The number of amides is 2. The van der Waals surface area contributed by atoms with Gasteiger partial charge in [0.2, 0.25) is 0 Å². The van der Waals surface area contributed by atoms with Crippen LogP contribution in [0.25, 0.3) is 11.3 Å². The SMILES string of the molecule is CCN(CC)C(=O)COc1ccc(/C=N/NC(=O)CSc2nc(-c3ccc(Cl)cc3)cs2)cc1. The van der Waals surface area contributed by atoms with Gasteiger partial charge in [0, 0.05) is 29.1 Å². The van der Waals surface area contributed by atoms with Gasteiger partial charge in [-0.05, 0) is 55.8 Å². The number of halogens is 1. The summed E-state index contributed by atoms with van der Waals surface area (Å²) in [5.74, 6) is 0.534. The van der Waals surface area contributed by atoms with Gasteiger partial charge in [-0.15, -0.1) is 11.3 Å². The van der Waals surface area contributed by atoms with Crippen LogP contribution >= 0.6 is 34.7 Å². The molecule has 1 aromatic heterocycles. The third kappa shape index (κ3) is 7.86. The van der Waals surface area contributed by atoms with Crippen LogP contribution in [-0.2, 0) is 9.59 Å². The lowest BCUT2D eigenvalue weighted by Gasteiger charge is -2.18. The normalized spacial score (nSPS) is 10.9. The number of ether oxygens (including phenoxy) is 1. The Hall–Kier alpha value is -2.88. The number of rotatable bonds is 11. The Morgan fingerprint density at radius 3 is 2.53 bits per heavy atom. The highest BCUT2D eigenvalue weighted by atomic mass is 35.5. The van der Waals surface area contributed by atoms with Gasteiger partial charge in [0.15, 0.2) is 10.9 Å². The topological polar surface area (TPSA) is 83.9 Å². The zero-order valence-corrected chi connectivity index (χ0v) is 21.3. The Bertz CT molecular complexity index is 1110.